The quantitative estimate of drug-likeness (QED) is 0.810. The highest BCUT2D eigenvalue weighted by Gasteiger charge is 2.43. The number of nitrogens with zero attached hydrogens (tertiary/aromatic N) is 3. The number of ketones is 1. The van der Waals surface area contributed by atoms with Crippen LogP contribution in [0.5, 0.6) is 0 Å². The Hall–Kier alpha value is -2.32. The van der Waals surface area contributed by atoms with E-state index in [1.54, 1.807) is 18.3 Å². The molecule has 0 unspecified atom stereocenters. The molecule has 1 fully saturated rings. The highest BCUT2D eigenvalue weighted by Crippen LogP contribution is 2.40. The van der Waals surface area contributed by atoms with E-state index in [1.807, 2.05) is 4.90 Å². The van der Waals surface area contributed by atoms with Gasteiger partial charge >= 0.3 is 0 Å². The first-order valence-corrected chi connectivity index (χ1v) is 9.46. The van der Waals surface area contributed by atoms with Gasteiger partial charge < -0.3 is 15.4 Å². The van der Waals surface area contributed by atoms with E-state index in [1.165, 1.54) is 18.3 Å². The van der Waals surface area contributed by atoms with Crippen LogP contribution in [0.2, 0.25) is 0 Å². The molecular weight excluding hydrogens is 352 g/mol. The molecule has 0 aliphatic carbocycles. The number of amides is 1. The minimum absolute atomic E-state index is 0.0175. The molecule has 0 atom stereocenters. The zero-order valence-corrected chi connectivity index (χ0v) is 15.3. The number of thiophene rings is 1. The number of Topliss-reactive ketones (excluding diaryl/α,β-unsaturated/α-hetero) is 1. The van der Waals surface area contributed by atoms with Crippen LogP contribution >= 0.6 is 11.3 Å². The van der Waals surface area contributed by atoms with Crippen molar-refractivity contribution in [1.29, 1.82) is 0 Å². The summed E-state index contributed by atoms with van der Waals surface area (Å²) in [4.78, 5) is 35.8. The second kappa shape index (κ2) is 6.44. The molecule has 4 heterocycles. The average molecular weight is 372 g/mol. The number of carbonyl (C=O) groups is 2. The smallest absolute Gasteiger partial charge is 0.263 e. The molecule has 0 radical (unpaired) electrons. The van der Waals surface area contributed by atoms with Crippen molar-refractivity contribution in [3.8, 4) is 0 Å². The molecule has 1 amide bonds. The minimum atomic E-state index is -0.485. The van der Waals surface area contributed by atoms with Crippen LogP contribution in [0.25, 0.3) is 0 Å². The monoisotopic (exact) mass is 372 g/mol. The topological polar surface area (TPSA) is 98.4 Å². The number of anilines is 1. The largest absolute Gasteiger partial charge is 0.368 e. The molecule has 0 aromatic carbocycles. The molecule has 2 N–H and O–H groups in total. The van der Waals surface area contributed by atoms with Crippen molar-refractivity contribution in [1.82, 2.24) is 14.9 Å². The lowest BCUT2D eigenvalue weighted by atomic mass is 9.83. The van der Waals surface area contributed by atoms with Crippen LogP contribution in [0, 0.1) is 0 Å². The lowest BCUT2D eigenvalue weighted by Gasteiger charge is -2.43. The molecular formula is C18H20N4O3S. The minimum Gasteiger partial charge on any atom is -0.368 e. The number of likely N-dealkylation sites (tertiary alicyclic amines) is 1. The summed E-state index contributed by atoms with van der Waals surface area (Å²) in [5, 5.41) is 0. The van der Waals surface area contributed by atoms with Gasteiger partial charge in [-0.3, -0.25) is 9.59 Å². The summed E-state index contributed by atoms with van der Waals surface area (Å²) in [6.45, 7) is 3.29. The third kappa shape index (κ3) is 2.89. The van der Waals surface area contributed by atoms with Gasteiger partial charge in [-0.25, -0.2) is 9.97 Å². The maximum absolute atomic E-state index is 12.7. The fraction of sp³-hybridized carbons (Fsp3) is 0.444. The van der Waals surface area contributed by atoms with Crippen LogP contribution in [0.3, 0.4) is 0 Å². The first kappa shape index (κ1) is 17.1. The third-order valence-electron chi connectivity index (χ3n) is 5.09. The van der Waals surface area contributed by atoms with Crippen molar-refractivity contribution < 1.29 is 14.3 Å². The standard InChI is InChI=1S/C18H20N4O3S/c1-11(23)13-2-3-14(26-13)16(24)22-7-5-18(6-8-22)15-12(4-9-25-18)10-20-17(19)21-15/h2-3,10H,4-9H2,1H3,(H2,19,20,21). The Labute approximate surface area is 155 Å². The summed E-state index contributed by atoms with van der Waals surface area (Å²) in [6.07, 6.45) is 3.91. The van der Waals surface area contributed by atoms with Gasteiger partial charge in [0.15, 0.2) is 5.78 Å². The molecule has 4 rings (SSSR count). The van der Waals surface area contributed by atoms with Crippen molar-refractivity contribution in [3.05, 3.63) is 39.3 Å². The summed E-state index contributed by atoms with van der Waals surface area (Å²) in [7, 11) is 0. The van der Waals surface area contributed by atoms with Crippen molar-refractivity contribution >= 4 is 29.0 Å². The zero-order valence-electron chi connectivity index (χ0n) is 14.5. The Kier molecular flexibility index (Phi) is 4.24. The van der Waals surface area contributed by atoms with Crippen molar-refractivity contribution in [2.24, 2.45) is 0 Å². The number of ether oxygens (including phenoxy) is 1. The molecule has 136 valence electrons. The average Bonchev–Trinajstić information content (AvgIpc) is 3.13. The molecule has 8 heteroatoms. The molecule has 2 aliphatic heterocycles. The van der Waals surface area contributed by atoms with E-state index >= 15 is 0 Å². The van der Waals surface area contributed by atoms with Gasteiger partial charge in [0.2, 0.25) is 5.95 Å². The molecule has 0 saturated carbocycles. The fourth-order valence-electron chi connectivity index (χ4n) is 3.67. The predicted molar refractivity (Wildman–Crippen MR) is 97.2 cm³/mol. The fourth-order valence-corrected chi connectivity index (χ4v) is 4.54. The normalized spacial score (nSPS) is 18.6. The number of nitrogens with two attached hydrogens (primary N) is 1. The van der Waals surface area contributed by atoms with E-state index in [0.29, 0.717) is 42.3 Å². The van der Waals surface area contributed by atoms with Gasteiger partial charge in [0.05, 0.1) is 22.1 Å². The van der Waals surface area contributed by atoms with E-state index in [0.717, 1.165) is 17.7 Å². The van der Waals surface area contributed by atoms with Crippen LogP contribution in [-0.2, 0) is 16.8 Å². The number of piperidine rings is 1. The molecule has 7 nitrogen and oxygen atoms in total. The first-order chi connectivity index (χ1) is 12.5. The SMILES string of the molecule is CC(=O)c1ccc(C(=O)N2CCC3(CC2)OCCc2cnc(N)nc23)s1. The number of hydrogen-bond acceptors (Lipinski definition) is 7. The maximum atomic E-state index is 12.7. The second-order valence-corrected chi connectivity index (χ2v) is 7.79. The number of fused-ring (bicyclic) bond motifs is 2. The van der Waals surface area contributed by atoms with E-state index in [4.69, 9.17) is 10.5 Å². The number of aromatic nitrogens is 2. The zero-order chi connectivity index (χ0) is 18.3. The molecule has 0 bridgehead atoms. The van der Waals surface area contributed by atoms with E-state index < -0.39 is 5.60 Å². The summed E-state index contributed by atoms with van der Waals surface area (Å²) in [6, 6.07) is 3.44. The Morgan fingerprint density at radius 3 is 2.69 bits per heavy atom. The van der Waals surface area contributed by atoms with E-state index in [2.05, 4.69) is 9.97 Å². The molecule has 2 aliphatic rings. The first-order valence-electron chi connectivity index (χ1n) is 8.64. The lowest BCUT2D eigenvalue weighted by molar-refractivity contribution is -0.0966. The van der Waals surface area contributed by atoms with Gasteiger partial charge in [0.25, 0.3) is 5.91 Å². The van der Waals surface area contributed by atoms with Crippen LogP contribution in [0.4, 0.5) is 5.95 Å². The third-order valence-corrected chi connectivity index (χ3v) is 6.26. The summed E-state index contributed by atoms with van der Waals surface area (Å²) < 4.78 is 6.13. The highest BCUT2D eigenvalue weighted by molar-refractivity contribution is 7.15. The van der Waals surface area contributed by atoms with Gasteiger partial charge in [0, 0.05) is 19.3 Å². The highest BCUT2D eigenvalue weighted by atomic mass is 32.1. The van der Waals surface area contributed by atoms with Crippen molar-refractivity contribution in [3.63, 3.8) is 0 Å². The Morgan fingerprint density at radius 1 is 1.27 bits per heavy atom. The van der Waals surface area contributed by atoms with Gasteiger partial charge in [0.1, 0.15) is 5.60 Å². The van der Waals surface area contributed by atoms with Gasteiger partial charge in [-0.15, -0.1) is 11.3 Å². The molecule has 1 spiro atoms. The number of nitrogen functional groups attached to an aromatic ring is 1. The van der Waals surface area contributed by atoms with Crippen LogP contribution in [0.15, 0.2) is 18.3 Å². The second-order valence-electron chi connectivity index (χ2n) is 6.71. The summed E-state index contributed by atoms with van der Waals surface area (Å²) in [5.74, 6) is 0.203. The molecule has 1 saturated heterocycles. The summed E-state index contributed by atoms with van der Waals surface area (Å²) >= 11 is 1.25. The van der Waals surface area contributed by atoms with Gasteiger partial charge in [-0.05, 0) is 43.9 Å². The number of rotatable bonds is 2. The van der Waals surface area contributed by atoms with Gasteiger partial charge in [-0.1, -0.05) is 0 Å². The lowest BCUT2D eigenvalue weighted by Crippen LogP contribution is -2.48. The van der Waals surface area contributed by atoms with E-state index in [9.17, 15) is 9.59 Å². The van der Waals surface area contributed by atoms with Crippen LogP contribution in [-0.4, -0.2) is 46.3 Å². The number of carbonyl (C=O) groups excluding carboxylic acids is 2. The Bertz CT molecular complexity index is 871. The Balaban J connectivity index is 1.52. The van der Waals surface area contributed by atoms with Crippen LogP contribution < -0.4 is 5.73 Å². The molecule has 2 aromatic heterocycles. The van der Waals surface area contributed by atoms with E-state index in [-0.39, 0.29) is 17.6 Å². The van der Waals surface area contributed by atoms with Crippen LogP contribution in [0.1, 0.15) is 50.4 Å². The molecule has 26 heavy (non-hydrogen) atoms. The maximum Gasteiger partial charge on any atom is 0.263 e. The number of hydrogen-bond donors (Lipinski definition) is 1. The summed E-state index contributed by atoms with van der Waals surface area (Å²) in [5.41, 5.74) is 7.25. The predicted octanol–water partition coefficient (Wildman–Crippen LogP) is 2.03. The van der Waals surface area contributed by atoms with Crippen molar-refractivity contribution in [2.45, 2.75) is 31.8 Å². The van der Waals surface area contributed by atoms with Gasteiger partial charge in [-0.2, -0.15) is 0 Å². The Morgan fingerprint density at radius 2 is 2.00 bits per heavy atom. The molecule has 2 aromatic rings. The van der Waals surface area contributed by atoms with Crippen molar-refractivity contribution in [2.75, 3.05) is 25.4 Å².